The quantitative estimate of drug-likeness (QED) is 0.733. The summed E-state index contributed by atoms with van der Waals surface area (Å²) in [5.41, 5.74) is 4.66. The van der Waals surface area contributed by atoms with Gasteiger partial charge in [-0.2, -0.15) is 0 Å². The Labute approximate surface area is 107 Å². The van der Waals surface area contributed by atoms with Gasteiger partial charge in [0.15, 0.2) is 5.78 Å². The molecule has 3 rings (SSSR count). The molecule has 0 spiro atoms. The number of hydrogen-bond acceptors (Lipinski definition) is 1. The highest BCUT2D eigenvalue weighted by Gasteiger charge is 2.25. The van der Waals surface area contributed by atoms with Crippen molar-refractivity contribution in [2.45, 2.75) is 25.7 Å². The third-order valence-electron chi connectivity index (χ3n) is 3.76. The Morgan fingerprint density at radius 2 is 1.67 bits per heavy atom. The van der Waals surface area contributed by atoms with Crippen molar-refractivity contribution >= 4 is 5.78 Å². The molecule has 0 amide bonds. The zero-order valence-corrected chi connectivity index (χ0v) is 10.5. The van der Waals surface area contributed by atoms with E-state index in [1.54, 1.807) is 0 Å². The van der Waals surface area contributed by atoms with Crippen LogP contribution in [-0.2, 0) is 6.42 Å². The lowest BCUT2D eigenvalue weighted by atomic mass is 9.79. The van der Waals surface area contributed by atoms with Gasteiger partial charge in [-0.1, -0.05) is 54.1 Å². The maximum absolute atomic E-state index is 12.1. The Balaban J connectivity index is 1.94. The van der Waals surface area contributed by atoms with E-state index in [-0.39, 0.29) is 5.78 Å². The van der Waals surface area contributed by atoms with Gasteiger partial charge in [0.25, 0.3) is 0 Å². The lowest BCUT2D eigenvalue weighted by Gasteiger charge is -2.24. The Morgan fingerprint density at radius 1 is 0.944 bits per heavy atom. The van der Waals surface area contributed by atoms with E-state index in [1.165, 1.54) is 16.7 Å². The van der Waals surface area contributed by atoms with Crippen molar-refractivity contribution in [3.8, 4) is 0 Å². The van der Waals surface area contributed by atoms with Crippen LogP contribution in [0.4, 0.5) is 0 Å². The van der Waals surface area contributed by atoms with E-state index in [0.717, 1.165) is 12.0 Å². The maximum Gasteiger partial charge on any atom is 0.163 e. The predicted molar refractivity (Wildman–Crippen MR) is 73.0 cm³/mol. The van der Waals surface area contributed by atoms with Gasteiger partial charge < -0.3 is 0 Å². The summed E-state index contributed by atoms with van der Waals surface area (Å²) < 4.78 is 0. The first-order valence-corrected chi connectivity index (χ1v) is 6.42. The minimum absolute atomic E-state index is 0.280. The molecule has 1 nitrogen and oxygen atoms in total. The van der Waals surface area contributed by atoms with E-state index in [0.29, 0.717) is 12.3 Å². The fraction of sp³-hybridized carbons (Fsp3) is 0.235. The highest BCUT2D eigenvalue weighted by molar-refractivity contribution is 5.99. The second kappa shape index (κ2) is 4.41. The summed E-state index contributed by atoms with van der Waals surface area (Å²) in [6.07, 6.45) is 1.62. The highest BCUT2D eigenvalue weighted by atomic mass is 16.1. The van der Waals surface area contributed by atoms with Crippen molar-refractivity contribution in [2.75, 3.05) is 0 Å². The van der Waals surface area contributed by atoms with Gasteiger partial charge in [0.05, 0.1) is 0 Å². The predicted octanol–water partition coefficient (Wildman–Crippen LogP) is 3.91. The third-order valence-corrected chi connectivity index (χ3v) is 3.76. The van der Waals surface area contributed by atoms with E-state index in [4.69, 9.17) is 0 Å². The number of fused-ring (bicyclic) bond motifs is 1. The van der Waals surface area contributed by atoms with Crippen LogP contribution in [0.15, 0.2) is 48.5 Å². The van der Waals surface area contributed by atoms with E-state index in [1.807, 2.05) is 18.2 Å². The summed E-state index contributed by atoms with van der Waals surface area (Å²) in [6.45, 7) is 2.09. The first-order valence-electron chi connectivity index (χ1n) is 6.42. The number of Topliss-reactive ketones (excluding diaryl/α,β-unsaturated/α-hetero) is 1. The van der Waals surface area contributed by atoms with Crippen LogP contribution < -0.4 is 0 Å². The Morgan fingerprint density at radius 3 is 2.44 bits per heavy atom. The van der Waals surface area contributed by atoms with Crippen molar-refractivity contribution in [3.05, 3.63) is 70.8 Å². The van der Waals surface area contributed by atoms with Crippen LogP contribution in [-0.4, -0.2) is 5.78 Å². The van der Waals surface area contributed by atoms with Gasteiger partial charge in [0.1, 0.15) is 0 Å². The van der Waals surface area contributed by atoms with Crippen LogP contribution in [0.5, 0.6) is 0 Å². The molecular formula is C17H16O. The first-order chi connectivity index (χ1) is 8.74. The summed E-state index contributed by atoms with van der Waals surface area (Å²) in [6, 6.07) is 16.5. The number of benzene rings is 2. The number of rotatable bonds is 1. The molecule has 2 aromatic rings. The molecule has 90 valence electrons. The molecule has 0 saturated heterocycles. The molecule has 1 heteroatoms. The normalized spacial score (nSPS) is 18.5. The molecule has 0 N–H and O–H groups in total. The molecule has 0 fully saturated rings. The molecule has 0 radical (unpaired) electrons. The minimum Gasteiger partial charge on any atom is -0.294 e. The summed E-state index contributed by atoms with van der Waals surface area (Å²) in [5.74, 6) is 0.621. The van der Waals surface area contributed by atoms with Crippen molar-refractivity contribution < 1.29 is 4.79 Å². The first kappa shape index (κ1) is 11.2. The zero-order chi connectivity index (χ0) is 12.5. The van der Waals surface area contributed by atoms with Crippen LogP contribution >= 0.6 is 0 Å². The van der Waals surface area contributed by atoms with Crippen LogP contribution in [0, 0.1) is 6.92 Å². The van der Waals surface area contributed by atoms with Gasteiger partial charge in [0, 0.05) is 12.0 Å². The molecular weight excluding hydrogens is 220 g/mol. The summed E-state index contributed by atoms with van der Waals surface area (Å²) >= 11 is 0. The average Bonchev–Trinajstić information content (AvgIpc) is 2.39. The lowest BCUT2D eigenvalue weighted by Crippen LogP contribution is -2.18. The van der Waals surface area contributed by atoms with Gasteiger partial charge in [-0.25, -0.2) is 0 Å². The topological polar surface area (TPSA) is 17.1 Å². The number of carbonyl (C=O) groups is 1. The molecule has 1 aliphatic rings. The maximum atomic E-state index is 12.1. The Hall–Kier alpha value is -1.89. The van der Waals surface area contributed by atoms with E-state index < -0.39 is 0 Å². The standard InChI is InChI=1S/C17H16O/c1-12-6-8-13(9-7-12)15-10-14-4-2-3-5-16(14)17(18)11-15/h2-9,15H,10-11H2,1H3/t15-/m0/s1. The molecule has 0 aliphatic heterocycles. The number of hydrogen-bond donors (Lipinski definition) is 0. The molecule has 0 aromatic heterocycles. The zero-order valence-electron chi connectivity index (χ0n) is 10.5. The highest BCUT2D eigenvalue weighted by Crippen LogP contribution is 2.32. The van der Waals surface area contributed by atoms with Crippen LogP contribution in [0.2, 0.25) is 0 Å². The van der Waals surface area contributed by atoms with Crippen molar-refractivity contribution in [2.24, 2.45) is 0 Å². The second-order valence-electron chi connectivity index (χ2n) is 5.10. The summed E-state index contributed by atoms with van der Waals surface area (Å²) in [4.78, 5) is 12.1. The number of carbonyl (C=O) groups excluding carboxylic acids is 1. The van der Waals surface area contributed by atoms with Crippen molar-refractivity contribution in [1.29, 1.82) is 0 Å². The molecule has 18 heavy (non-hydrogen) atoms. The lowest BCUT2D eigenvalue weighted by molar-refractivity contribution is 0.0964. The van der Waals surface area contributed by atoms with E-state index in [9.17, 15) is 4.79 Å². The van der Waals surface area contributed by atoms with Crippen molar-refractivity contribution in [3.63, 3.8) is 0 Å². The van der Waals surface area contributed by atoms with Crippen LogP contribution in [0.25, 0.3) is 0 Å². The second-order valence-corrected chi connectivity index (χ2v) is 5.10. The Kier molecular flexibility index (Phi) is 2.75. The van der Waals surface area contributed by atoms with Crippen molar-refractivity contribution in [1.82, 2.24) is 0 Å². The summed E-state index contributed by atoms with van der Waals surface area (Å²) in [5, 5.41) is 0. The largest absolute Gasteiger partial charge is 0.294 e. The average molecular weight is 236 g/mol. The smallest absolute Gasteiger partial charge is 0.163 e. The van der Waals surface area contributed by atoms with Crippen LogP contribution in [0.3, 0.4) is 0 Å². The third kappa shape index (κ3) is 1.97. The number of aryl methyl sites for hydroxylation is 1. The molecule has 1 aliphatic carbocycles. The minimum atomic E-state index is 0.280. The van der Waals surface area contributed by atoms with E-state index in [2.05, 4.69) is 37.3 Å². The fourth-order valence-corrected chi connectivity index (χ4v) is 2.72. The summed E-state index contributed by atoms with van der Waals surface area (Å²) in [7, 11) is 0. The van der Waals surface area contributed by atoms with Gasteiger partial charge in [0.2, 0.25) is 0 Å². The molecule has 2 aromatic carbocycles. The molecule has 0 bridgehead atoms. The molecule has 0 unspecified atom stereocenters. The monoisotopic (exact) mass is 236 g/mol. The van der Waals surface area contributed by atoms with Gasteiger partial charge in [-0.3, -0.25) is 4.79 Å². The SMILES string of the molecule is Cc1ccc([C@@H]2CC(=O)c3ccccc3C2)cc1. The van der Waals surface area contributed by atoms with Crippen LogP contribution in [0.1, 0.15) is 39.4 Å². The van der Waals surface area contributed by atoms with Gasteiger partial charge in [-0.05, 0) is 30.4 Å². The van der Waals surface area contributed by atoms with Gasteiger partial charge in [-0.15, -0.1) is 0 Å². The van der Waals surface area contributed by atoms with E-state index >= 15 is 0 Å². The number of ketones is 1. The molecule has 1 atom stereocenters. The fourth-order valence-electron chi connectivity index (χ4n) is 2.72. The molecule has 0 saturated carbocycles. The Bertz CT molecular complexity index is 581. The molecule has 0 heterocycles. The van der Waals surface area contributed by atoms with Gasteiger partial charge >= 0.3 is 0 Å².